The first kappa shape index (κ1) is 7.48. The standard InChI is InChI=1S/C7H8N4/c1-6-9-4-2-7(11-6)10-5-3-8/h2,4H,5H2,1H3,(H,9,10,11). The zero-order valence-corrected chi connectivity index (χ0v) is 6.20. The SMILES string of the molecule is Cc1nccc(NCC#N)n1. The van der Waals surface area contributed by atoms with Gasteiger partial charge in [-0.05, 0) is 13.0 Å². The molecule has 56 valence electrons. The lowest BCUT2D eigenvalue weighted by Gasteiger charge is -1.99. The molecule has 0 aliphatic carbocycles. The number of rotatable bonds is 2. The monoisotopic (exact) mass is 148 g/mol. The molecule has 1 heterocycles. The number of nitrogens with one attached hydrogen (secondary N) is 1. The summed E-state index contributed by atoms with van der Waals surface area (Å²) >= 11 is 0. The molecule has 0 atom stereocenters. The molecule has 4 heteroatoms. The van der Waals surface area contributed by atoms with Gasteiger partial charge in [0.25, 0.3) is 0 Å². The van der Waals surface area contributed by atoms with Gasteiger partial charge in [-0.2, -0.15) is 5.26 Å². The van der Waals surface area contributed by atoms with Crippen molar-refractivity contribution in [1.29, 1.82) is 5.26 Å². The first-order valence-electron chi connectivity index (χ1n) is 3.23. The maximum Gasteiger partial charge on any atom is 0.130 e. The van der Waals surface area contributed by atoms with Crippen molar-refractivity contribution < 1.29 is 0 Å². The molecule has 4 nitrogen and oxygen atoms in total. The van der Waals surface area contributed by atoms with Gasteiger partial charge in [0.15, 0.2) is 0 Å². The van der Waals surface area contributed by atoms with E-state index in [-0.39, 0.29) is 6.54 Å². The second-order valence-electron chi connectivity index (χ2n) is 2.00. The zero-order chi connectivity index (χ0) is 8.10. The minimum absolute atomic E-state index is 0.274. The third kappa shape index (κ3) is 2.22. The molecular weight excluding hydrogens is 140 g/mol. The Labute approximate surface area is 64.9 Å². The van der Waals surface area contributed by atoms with Crippen LogP contribution in [-0.2, 0) is 0 Å². The highest BCUT2D eigenvalue weighted by molar-refractivity contribution is 5.33. The molecule has 0 aliphatic rings. The van der Waals surface area contributed by atoms with Crippen molar-refractivity contribution in [2.75, 3.05) is 11.9 Å². The van der Waals surface area contributed by atoms with Gasteiger partial charge in [0.2, 0.25) is 0 Å². The van der Waals surface area contributed by atoms with Crippen LogP contribution in [0.25, 0.3) is 0 Å². The highest BCUT2D eigenvalue weighted by atomic mass is 15.0. The van der Waals surface area contributed by atoms with Crippen molar-refractivity contribution in [1.82, 2.24) is 9.97 Å². The van der Waals surface area contributed by atoms with Crippen LogP contribution in [0.3, 0.4) is 0 Å². The van der Waals surface area contributed by atoms with Gasteiger partial charge in [-0.15, -0.1) is 0 Å². The predicted molar refractivity (Wildman–Crippen MR) is 40.9 cm³/mol. The average Bonchev–Trinajstić information content (AvgIpc) is 2.01. The van der Waals surface area contributed by atoms with E-state index in [0.717, 1.165) is 0 Å². The van der Waals surface area contributed by atoms with Crippen LogP contribution in [0.15, 0.2) is 12.3 Å². The number of anilines is 1. The van der Waals surface area contributed by atoms with Crippen molar-refractivity contribution in [2.24, 2.45) is 0 Å². The topological polar surface area (TPSA) is 61.6 Å². The number of aromatic nitrogens is 2. The Balaban J connectivity index is 2.65. The van der Waals surface area contributed by atoms with Gasteiger partial charge in [-0.3, -0.25) is 0 Å². The molecule has 1 aromatic heterocycles. The Morgan fingerprint density at radius 3 is 3.18 bits per heavy atom. The molecule has 0 saturated heterocycles. The van der Waals surface area contributed by atoms with Crippen molar-refractivity contribution in [3.63, 3.8) is 0 Å². The summed E-state index contributed by atoms with van der Waals surface area (Å²) in [5, 5.41) is 11.1. The Morgan fingerprint density at radius 2 is 2.55 bits per heavy atom. The van der Waals surface area contributed by atoms with Crippen molar-refractivity contribution >= 4 is 5.82 Å². The maximum absolute atomic E-state index is 8.24. The largest absolute Gasteiger partial charge is 0.357 e. The second-order valence-corrected chi connectivity index (χ2v) is 2.00. The highest BCUT2D eigenvalue weighted by Crippen LogP contribution is 1.99. The van der Waals surface area contributed by atoms with E-state index < -0.39 is 0 Å². The van der Waals surface area contributed by atoms with Crippen LogP contribution in [0.5, 0.6) is 0 Å². The van der Waals surface area contributed by atoms with Crippen LogP contribution < -0.4 is 5.32 Å². The van der Waals surface area contributed by atoms with Gasteiger partial charge >= 0.3 is 0 Å². The molecule has 11 heavy (non-hydrogen) atoms. The fraction of sp³-hybridized carbons (Fsp3) is 0.286. The third-order valence-corrected chi connectivity index (χ3v) is 1.12. The molecule has 0 radical (unpaired) electrons. The van der Waals surface area contributed by atoms with Crippen LogP contribution in [-0.4, -0.2) is 16.5 Å². The Bertz CT molecular complexity index is 276. The third-order valence-electron chi connectivity index (χ3n) is 1.12. The summed E-state index contributed by atoms with van der Waals surface area (Å²) in [7, 11) is 0. The summed E-state index contributed by atoms with van der Waals surface area (Å²) in [5.74, 6) is 1.40. The molecule has 0 unspecified atom stereocenters. The zero-order valence-electron chi connectivity index (χ0n) is 6.20. The maximum atomic E-state index is 8.24. The number of nitrogens with zero attached hydrogens (tertiary/aromatic N) is 3. The molecular formula is C7H8N4. The molecule has 0 aliphatic heterocycles. The number of nitriles is 1. The lowest BCUT2D eigenvalue weighted by molar-refractivity contribution is 1.04. The normalized spacial score (nSPS) is 8.73. The summed E-state index contributed by atoms with van der Waals surface area (Å²) in [6.45, 7) is 2.08. The van der Waals surface area contributed by atoms with E-state index in [1.54, 1.807) is 19.2 Å². The Hall–Kier alpha value is -1.63. The summed E-state index contributed by atoms with van der Waals surface area (Å²) in [6, 6.07) is 3.69. The predicted octanol–water partition coefficient (Wildman–Crippen LogP) is 0.720. The fourth-order valence-corrected chi connectivity index (χ4v) is 0.685. The van der Waals surface area contributed by atoms with E-state index in [1.807, 2.05) is 6.07 Å². The lowest BCUT2D eigenvalue weighted by atomic mass is 10.5. The smallest absolute Gasteiger partial charge is 0.130 e. The molecule has 0 amide bonds. The molecule has 0 aromatic carbocycles. The molecule has 1 rings (SSSR count). The van der Waals surface area contributed by atoms with Crippen LogP contribution >= 0.6 is 0 Å². The molecule has 0 fully saturated rings. The minimum atomic E-state index is 0.274. The minimum Gasteiger partial charge on any atom is -0.357 e. The van der Waals surface area contributed by atoms with E-state index in [9.17, 15) is 0 Å². The van der Waals surface area contributed by atoms with Crippen LogP contribution in [0.4, 0.5) is 5.82 Å². The Morgan fingerprint density at radius 1 is 1.73 bits per heavy atom. The van der Waals surface area contributed by atoms with Crippen LogP contribution in [0.2, 0.25) is 0 Å². The number of hydrogen-bond acceptors (Lipinski definition) is 4. The van der Waals surface area contributed by atoms with E-state index in [2.05, 4.69) is 15.3 Å². The molecule has 0 saturated carbocycles. The van der Waals surface area contributed by atoms with Crippen molar-refractivity contribution in [2.45, 2.75) is 6.92 Å². The van der Waals surface area contributed by atoms with E-state index in [0.29, 0.717) is 11.6 Å². The van der Waals surface area contributed by atoms with Crippen molar-refractivity contribution in [3.05, 3.63) is 18.1 Å². The summed E-state index contributed by atoms with van der Waals surface area (Å²) in [5.41, 5.74) is 0. The lowest BCUT2D eigenvalue weighted by Crippen LogP contribution is -2.01. The second kappa shape index (κ2) is 3.52. The van der Waals surface area contributed by atoms with Gasteiger partial charge in [-0.1, -0.05) is 0 Å². The molecule has 0 spiro atoms. The van der Waals surface area contributed by atoms with Gasteiger partial charge < -0.3 is 5.32 Å². The van der Waals surface area contributed by atoms with E-state index >= 15 is 0 Å². The van der Waals surface area contributed by atoms with Gasteiger partial charge in [0.1, 0.15) is 18.2 Å². The van der Waals surface area contributed by atoms with Gasteiger partial charge in [0, 0.05) is 6.20 Å². The quantitative estimate of drug-likeness (QED) is 0.628. The first-order valence-corrected chi connectivity index (χ1v) is 3.23. The van der Waals surface area contributed by atoms with E-state index in [4.69, 9.17) is 5.26 Å². The van der Waals surface area contributed by atoms with E-state index in [1.165, 1.54) is 0 Å². The van der Waals surface area contributed by atoms with Gasteiger partial charge in [0.05, 0.1) is 6.07 Å². The fourth-order valence-electron chi connectivity index (χ4n) is 0.685. The summed E-state index contributed by atoms with van der Waals surface area (Å²) < 4.78 is 0. The molecule has 1 N–H and O–H groups in total. The number of hydrogen-bond donors (Lipinski definition) is 1. The highest BCUT2D eigenvalue weighted by Gasteiger charge is 1.91. The number of aryl methyl sites for hydroxylation is 1. The van der Waals surface area contributed by atoms with Crippen molar-refractivity contribution in [3.8, 4) is 6.07 Å². The summed E-state index contributed by atoms with van der Waals surface area (Å²) in [4.78, 5) is 7.95. The Kier molecular flexibility index (Phi) is 2.39. The van der Waals surface area contributed by atoms with Crippen LogP contribution in [0.1, 0.15) is 5.82 Å². The molecule has 0 bridgehead atoms. The van der Waals surface area contributed by atoms with Gasteiger partial charge in [-0.25, -0.2) is 9.97 Å². The molecule has 1 aromatic rings. The average molecular weight is 148 g/mol. The summed E-state index contributed by atoms with van der Waals surface area (Å²) in [6.07, 6.45) is 1.65. The van der Waals surface area contributed by atoms with Crippen LogP contribution in [0, 0.1) is 18.3 Å². The first-order chi connectivity index (χ1) is 5.33.